The zero-order valence-corrected chi connectivity index (χ0v) is 11.8. The van der Waals surface area contributed by atoms with E-state index in [1.165, 1.54) is 0 Å². The highest BCUT2D eigenvalue weighted by atomic mass is 16.5. The number of nitrogens with one attached hydrogen (secondary N) is 1. The lowest BCUT2D eigenvalue weighted by atomic mass is 10.1. The molecule has 0 aromatic heterocycles. The number of rotatable bonds is 6. The van der Waals surface area contributed by atoms with E-state index in [-0.39, 0.29) is 24.1 Å². The second-order valence-electron chi connectivity index (χ2n) is 5.26. The maximum absolute atomic E-state index is 11.8. The average molecular weight is 257 g/mol. The van der Waals surface area contributed by atoms with Crippen molar-refractivity contribution in [2.45, 2.75) is 51.8 Å². The average Bonchev–Trinajstić information content (AvgIpc) is 2.29. The summed E-state index contributed by atoms with van der Waals surface area (Å²) in [6.45, 7) is 8.76. The van der Waals surface area contributed by atoms with Crippen molar-refractivity contribution in [1.82, 2.24) is 10.2 Å². The minimum atomic E-state index is 0.00914. The maximum Gasteiger partial charge on any atom is 0.234 e. The van der Waals surface area contributed by atoms with Gasteiger partial charge in [-0.05, 0) is 20.3 Å². The summed E-state index contributed by atoms with van der Waals surface area (Å²) in [5, 5.41) is 3.02. The van der Waals surface area contributed by atoms with Crippen LogP contribution in [-0.2, 0) is 9.53 Å². The van der Waals surface area contributed by atoms with Crippen molar-refractivity contribution in [3.8, 4) is 0 Å². The largest absolute Gasteiger partial charge is 0.374 e. The van der Waals surface area contributed by atoms with Crippen molar-refractivity contribution < 1.29 is 9.53 Å². The number of carbonyl (C=O) groups is 1. The van der Waals surface area contributed by atoms with Crippen LogP contribution in [0.4, 0.5) is 0 Å². The van der Waals surface area contributed by atoms with Gasteiger partial charge in [-0.15, -0.1) is 0 Å². The minimum absolute atomic E-state index is 0.00914. The summed E-state index contributed by atoms with van der Waals surface area (Å²) in [6, 6.07) is 0.266. The molecule has 0 saturated carbocycles. The lowest BCUT2D eigenvalue weighted by Crippen LogP contribution is -2.52. The van der Waals surface area contributed by atoms with Crippen molar-refractivity contribution in [3.05, 3.63) is 0 Å². The number of hydrogen-bond acceptors (Lipinski definition) is 4. The third-order valence-electron chi connectivity index (χ3n) is 3.26. The molecule has 0 aliphatic carbocycles. The first-order valence-electron chi connectivity index (χ1n) is 6.91. The summed E-state index contributed by atoms with van der Waals surface area (Å²) in [5.41, 5.74) is 5.83. The van der Waals surface area contributed by atoms with Crippen LogP contribution >= 0.6 is 0 Å². The minimum Gasteiger partial charge on any atom is -0.374 e. The van der Waals surface area contributed by atoms with Crippen molar-refractivity contribution in [1.29, 1.82) is 0 Å². The van der Waals surface area contributed by atoms with Crippen molar-refractivity contribution >= 4 is 5.91 Å². The molecule has 0 spiro atoms. The van der Waals surface area contributed by atoms with Crippen LogP contribution in [0.5, 0.6) is 0 Å². The number of carbonyl (C=O) groups excluding carboxylic acids is 1. The van der Waals surface area contributed by atoms with Crippen molar-refractivity contribution in [2.24, 2.45) is 5.73 Å². The molecular weight excluding hydrogens is 230 g/mol. The number of nitrogens with zero attached hydrogens (tertiary/aromatic N) is 1. The van der Waals surface area contributed by atoms with Crippen molar-refractivity contribution in [2.75, 3.05) is 26.2 Å². The molecule has 1 saturated heterocycles. The van der Waals surface area contributed by atoms with Gasteiger partial charge < -0.3 is 15.8 Å². The lowest BCUT2D eigenvalue weighted by molar-refractivity contribution is -0.125. The van der Waals surface area contributed by atoms with Crippen LogP contribution in [0.2, 0.25) is 0 Å². The molecule has 5 nitrogen and oxygen atoms in total. The molecule has 3 N–H and O–H groups in total. The molecule has 3 unspecified atom stereocenters. The van der Waals surface area contributed by atoms with E-state index in [0.29, 0.717) is 13.2 Å². The monoisotopic (exact) mass is 257 g/mol. The second-order valence-corrected chi connectivity index (χ2v) is 5.26. The Bertz CT molecular complexity index is 259. The van der Waals surface area contributed by atoms with Gasteiger partial charge in [-0.1, -0.05) is 13.3 Å². The van der Waals surface area contributed by atoms with E-state index in [9.17, 15) is 4.79 Å². The molecule has 1 amide bonds. The molecular formula is C13H27N3O2. The third-order valence-corrected chi connectivity index (χ3v) is 3.26. The topological polar surface area (TPSA) is 67.6 Å². The molecule has 0 aromatic carbocycles. The highest BCUT2D eigenvalue weighted by molar-refractivity contribution is 5.78. The standard InChI is InChI=1S/C13H27N3O2/c1-4-5-10(2)15-13(17)9-16-6-7-18-12(8-16)11(3)14/h10-12H,4-9,14H2,1-3H3,(H,15,17). The number of ether oxygens (including phenoxy) is 1. The summed E-state index contributed by atoms with van der Waals surface area (Å²) >= 11 is 0. The number of morpholine rings is 1. The summed E-state index contributed by atoms with van der Waals surface area (Å²) in [6.07, 6.45) is 2.16. The van der Waals surface area contributed by atoms with Gasteiger partial charge in [-0.3, -0.25) is 9.69 Å². The molecule has 1 heterocycles. The molecule has 106 valence electrons. The first-order chi connectivity index (χ1) is 8.52. The molecule has 0 aromatic rings. The van der Waals surface area contributed by atoms with E-state index in [1.54, 1.807) is 0 Å². The fourth-order valence-corrected chi connectivity index (χ4v) is 2.22. The first-order valence-corrected chi connectivity index (χ1v) is 6.91. The van der Waals surface area contributed by atoms with Crippen LogP contribution in [0, 0.1) is 0 Å². The van der Waals surface area contributed by atoms with Crippen molar-refractivity contribution in [3.63, 3.8) is 0 Å². The smallest absolute Gasteiger partial charge is 0.234 e. The molecule has 3 atom stereocenters. The summed E-state index contributed by atoms with van der Waals surface area (Å²) in [4.78, 5) is 14.0. The number of amides is 1. The Morgan fingerprint density at radius 3 is 2.89 bits per heavy atom. The Morgan fingerprint density at radius 1 is 1.56 bits per heavy atom. The van der Waals surface area contributed by atoms with Crippen LogP contribution in [0.1, 0.15) is 33.6 Å². The molecule has 5 heteroatoms. The summed E-state index contributed by atoms with van der Waals surface area (Å²) in [5.74, 6) is 0.0984. The SMILES string of the molecule is CCCC(C)NC(=O)CN1CCOC(C(C)N)C1. The molecule has 1 rings (SSSR count). The fraction of sp³-hybridized carbons (Fsp3) is 0.923. The van der Waals surface area contributed by atoms with Crippen LogP contribution < -0.4 is 11.1 Å². The van der Waals surface area contributed by atoms with Crippen LogP contribution in [0.25, 0.3) is 0 Å². The highest BCUT2D eigenvalue weighted by Gasteiger charge is 2.24. The van der Waals surface area contributed by atoms with Gasteiger partial charge in [0.25, 0.3) is 0 Å². The van der Waals surface area contributed by atoms with Gasteiger partial charge in [0.05, 0.1) is 19.3 Å². The van der Waals surface area contributed by atoms with E-state index >= 15 is 0 Å². The molecule has 1 aliphatic heterocycles. The van der Waals surface area contributed by atoms with Crippen LogP contribution in [-0.4, -0.2) is 55.2 Å². The van der Waals surface area contributed by atoms with Crippen LogP contribution in [0.3, 0.4) is 0 Å². The summed E-state index contributed by atoms with van der Waals surface area (Å²) < 4.78 is 5.57. The van der Waals surface area contributed by atoms with Gasteiger partial charge in [0, 0.05) is 25.2 Å². The highest BCUT2D eigenvalue weighted by Crippen LogP contribution is 2.07. The zero-order valence-electron chi connectivity index (χ0n) is 11.8. The van der Waals surface area contributed by atoms with E-state index in [4.69, 9.17) is 10.5 Å². The van der Waals surface area contributed by atoms with Gasteiger partial charge in [0.15, 0.2) is 0 Å². The second kappa shape index (κ2) is 7.71. The predicted molar refractivity (Wildman–Crippen MR) is 72.3 cm³/mol. The summed E-state index contributed by atoms with van der Waals surface area (Å²) in [7, 11) is 0. The maximum atomic E-state index is 11.8. The molecule has 0 bridgehead atoms. The lowest BCUT2D eigenvalue weighted by Gasteiger charge is -2.34. The van der Waals surface area contributed by atoms with E-state index < -0.39 is 0 Å². The molecule has 0 radical (unpaired) electrons. The number of nitrogens with two attached hydrogens (primary N) is 1. The molecule has 1 fully saturated rings. The van der Waals surface area contributed by atoms with Gasteiger partial charge in [0.2, 0.25) is 5.91 Å². The fourth-order valence-electron chi connectivity index (χ4n) is 2.22. The van der Waals surface area contributed by atoms with Gasteiger partial charge in [0.1, 0.15) is 0 Å². The zero-order chi connectivity index (χ0) is 13.5. The first kappa shape index (κ1) is 15.4. The Labute approximate surface area is 110 Å². The van der Waals surface area contributed by atoms with Gasteiger partial charge in [-0.25, -0.2) is 0 Å². The van der Waals surface area contributed by atoms with E-state index in [2.05, 4.69) is 17.1 Å². The molecule has 18 heavy (non-hydrogen) atoms. The van der Waals surface area contributed by atoms with E-state index in [1.807, 2.05) is 13.8 Å². The number of hydrogen-bond donors (Lipinski definition) is 2. The normalized spacial score (nSPS) is 24.6. The quantitative estimate of drug-likeness (QED) is 0.720. The third kappa shape index (κ3) is 5.33. The van der Waals surface area contributed by atoms with Gasteiger partial charge >= 0.3 is 0 Å². The Kier molecular flexibility index (Phi) is 6.60. The van der Waals surface area contributed by atoms with E-state index in [0.717, 1.165) is 25.9 Å². The van der Waals surface area contributed by atoms with Gasteiger partial charge in [-0.2, -0.15) is 0 Å². The Hall–Kier alpha value is -0.650. The Morgan fingerprint density at radius 2 is 2.28 bits per heavy atom. The Balaban J connectivity index is 2.30. The van der Waals surface area contributed by atoms with Crippen LogP contribution in [0.15, 0.2) is 0 Å². The molecule has 1 aliphatic rings. The predicted octanol–water partition coefficient (Wildman–Crippen LogP) is 0.339.